The molecule has 148 valence electrons. The summed E-state index contributed by atoms with van der Waals surface area (Å²) in [5.74, 6) is 1.14. The van der Waals surface area contributed by atoms with Crippen molar-refractivity contribution in [3.8, 4) is 0 Å². The molecule has 1 aromatic heterocycles. The molecule has 2 N–H and O–H groups in total. The quantitative estimate of drug-likeness (QED) is 0.515. The molecular weight excluding hydrogens is 370 g/mol. The van der Waals surface area contributed by atoms with E-state index in [9.17, 15) is 8.42 Å². The highest BCUT2D eigenvalue weighted by molar-refractivity contribution is 7.92. The summed E-state index contributed by atoms with van der Waals surface area (Å²) in [6, 6.07) is 4.23. The lowest BCUT2D eigenvalue weighted by atomic mass is 9.99. The Hall–Kier alpha value is -1.12. The van der Waals surface area contributed by atoms with Gasteiger partial charge in [-0.05, 0) is 43.6 Å². The predicted molar refractivity (Wildman–Crippen MR) is 109 cm³/mol. The van der Waals surface area contributed by atoms with Crippen LogP contribution in [0.1, 0.15) is 31.6 Å². The molecule has 1 fully saturated rings. The number of ether oxygens (including phenoxy) is 1. The van der Waals surface area contributed by atoms with Crippen LogP contribution in [0.25, 0.3) is 0 Å². The number of hydrogen-bond acceptors (Lipinski definition) is 5. The Morgan fingerprint density at radius 3 is 2.69 bits per heavy atom. The predicted octanol–water partition coefficient (Wildman–Crippen LogP) is 2.08. The minimum absolute atomic E-state index is 0.268. The summed E-state index contributed by atoms with van der Waals surface area (Å²) in [4.78, 5) is 5.98. The monoisotopic (exact) mass is 401 g/mol. The molecule has 1 saturated heterocycles. The van der Waals surface area contributed by atoms with Crippen LogP contribution in [0.4, 0.5) is 0 Å². The van der Waals surface area contributed by atoms with Crippen molar-refractivity contribution in [1.29, 1.82) is 0 Å². The first kappa shape index (κ1) is 21.2. The van der Waals surface area contributed by atoms with E-state index < -0.39 is 14.6 Å². The van der Waals surface area contributed by atoms with Gasteiger partial charge in [0.25, 0.3) is 0 Å². The standard InChI is InChI=1S/C18H31N3O3S2/c1-4-19-17(20-13-15(2)12-16-6-5-11-25-16)21-14-18(26(3,22)23)7-9-24-10-8-18/h5-6,11,15H,4,7-10,12-14H2,1-3H3,(H2,19,20,21). The molecule has 1 aromatic rings. The third kappa shape index (κ3) is 5.96. The van der Waals surface area contributed by atoms with Gasteiger partial charge in [0.1, 0.15) is 0 Å². The topological polar surface area (TPSA) is 79.8 Å². The second-order valence-corrected chi connectivity index (χ2v) is 10.5. The van der Waals surface area contributed by atoms with Gasteiger partial charge in [-0.2, -0.15) is 0 Å². The average molecular weight is 402 g/mol. The second-order valence-electron chi connectivity index (χ2n) is 7.03. The van der Waals surface area contributed by atoms with Crippen LogP contribution in [0.5, 0.6) is 0 Å². The molecular formula is C18H31N3O3S2. The molecule has 1 aliphatic rings. The van der Waals surface area contributed by atoms with Crippen molar-refractivity contribution in [2.45, 2.75) is 37.9 Å². The molecule has 1 unspecified atom stereocenters. The smallest absolute Gasteiger partial charge is 0.191 e. The van der Waals surface area contributed by atoms with Crippen LogP contribution in [0.3, 0.4) is 0 Å². The molecule has 26 heavy (non-hydrogen) atoms. The maximum atomic E-state index is 12.4. The fourth-order valence-corrected chi connectivity index (χ4v) is 5.15. The second kappa shape index (κ2) is 9.71. The van der Waals surface area contributed by atoms with Crippen LogP contribution in [0.15, 0.2) is 22.5 Å². The summed E-state index contributed by atoms with van der Waals surface area (Å²) < 4.78 is 29.3. The van der Waals surface area contributed by atoms with Crippen molar-refractivity contribution < 1.29 is 13.2 Å². The first-order valence-electron chi connectivity index (χ1n) is 9.18. The lowest BCUT2D eigenvalue weighted by molar-refractivity contribution is 0.0768. The molecule has 0 aliphatic carbocycles. The Bertz CT molecular complexity index is 666. The van der Waals surface area contributed by atoms with Crippen molar-refractivity contribution in [2.75, 3.05) is 39.1 Å². The summed E-state index contributed by atoms with van der Waals surface area (Å²) in [6.45, 7) is 6.96. The number of thiophene rings is 1. The molecule has 2 heterocycles. The maximum absolute atomic E-state index is 12.4. The highest BCUT2D eigenvalue weighted by atomic mass is 32.2. The summed E-state index contributed by atoms with van der Waals surface area (Å²) in [7, 11) is -3.20. The Morgan fingerprint density at radius 2 is 2.12 bits per heavy atom. The van der Waals surface area contributed by atoms with Crippen LogP contribution in [0, 0.1) is 5.92 Å². The molecule has 0 aromatic carbocycles. The molecule has 0 bridgehead atoms. The van der Waals surface area contributed by atoms with E-state index in [-0.39, 0.29) is 6.54 Å². The van der Waals surface area contributed by atoms with Crippen molar-refractivity contribution >= 4 is 27.1 Å². The molecule has 0 radical (unpaired) electrons. The van der Waals surface area contributed by atoms with E-state index >= 15 is 0 Å². The number of nitrogens with zero attached hydrogens (tertiary/aromatic N) is 1. The van der Waals surface area contributed by atoms with E-state index in [0.29, 0.717) is 37.9 Å². The third-order valence-electron chi connectivity index (χ3n) is 4.81. The number of nitrogens with one attached hydrogen (secondary N) is 2. The number of guanidine groups is 1. The molecule has 6 nitrogen and oxygen atoms in total. The number of aliphatic imine (C=N–C) groups is 1. The van der Waals surface area contributed by atoms with Gasteiger partial charge in [-0.3, -0.25) is 4.99 Å². The summed E-state index contributed by atoms with van der Waals surface area (Å²) >= 11 is 1.77. The molecule has 0 amide bonds. The zero-order valence-corrected chi connectivity index (χ0v) is 17.6. The van der Waals surface area contributed by atoms with Gasteiger partial charge in [0.2, 0.25) is 0 Å². The Kier molecular flexibility index (Phi) is 7.91. The van der Waals surface area contributed by atoms with E-state index in [1.807, 2.05) is 6.92 Å². The van der Waals surface area contributed by atoms with Gasteiger partial charge >= 0.3 is 0 Å². The molecule has 0 spiro atoms. The summed E-state index contributed by atoms with van der Waals surface area (Å²) in [5, 5.41) is 8.68. The minimum Gasteiger partial charge on any atom is -0.381 e. The summed E-state index contributed by atoms with van der Waals surface area (Å²) in [6.07, 6.45) is 3.35. The Balaban J connectivity index is 1.98. The minimum atomic E-state index is -3.20. The van der Waals surface area contributed by atoms with Crippen LogP contribution in [0.2, 0.25) is 0 Å². The van der Waals surface area contributed by atoms with Crippen LogP contribution < -0.4 is 10.6 Å². The lowest BCUT2D eigenvalue weighted by Crippen LogP contribution is -2.47. The highest BCUT2D eigenvalue weighted by Crippen LogP contribution is 2.29. The molecule has 1 aliphatic heterocycles. The zero-order valence-electron chi connectivity index (χ0n) is 16.0. The number of hydrogen-bond donors (Lipinski definition) is 2. The van der Waals surface area contributed by atoms with E-state index in [4.69, 9.17) is 4.74 Å². The van der Waals surface area contributed by atoms with Crippen LogP contribution in [-0.2, 0) is 21.0 Å². The molecule has 2 rings (SSSR count). The molecule has 1 atom stereocenters. The Morgan fingerprint density at radius 1 is 1.38 bits per heavy atom. The lowest BCUT2D eigenvalue weighted by Gasteiger charge is -2.34. The van der Waals surface area contributed by atoms with Gasteiger partial charge in [0.05, 0.1) is 11.3 Å². The van der Waals surface area contributed by atoms with Crippen molar-refractivity contribution in [3.05, 3.63) is 22.4 Å². The van der Waals surface area contributed by atoms with Gasteiger partial charge in [0, 0.05) is 37.4 Å². The first-order valence-corrected chi connectivity index (χ1v) is 12.0. The number of rotatable bonds is 8. The van der Waals surface area contributed by atoms with Gasteiger partial charge < -0.3 is 15.4 Å². The largest absolute Gasteiger partial charge is 0.381 e. The van der Waals surface area contributed by atoms with E-state index in [2.05, 4.69) is 40.1 Å². The Labute approximate surface area is 161 Å². The molecule has 8 heteroatoms. The van der Waals surface area contributed by atoms with E-state index in [0.717, 1.165) is 19.5 Å². The highest BCUT2D eigenvalue weighted by Gasteiger charge is 2.42. The zero-order chi connectivity index (χ0) is 19.0. The third-order valence-corrected chi connectivity index (χ3v) is 7.82. The van der Waals surface area contributed by atoms with Crippen molar-refractivity contribution in [1.82, 2.24) is 10.6 Å². The molecule has 0 saturated carbocycles. The fraction of sp³-hybridized carbons (Fsp3) is 0.722. The SMILES string of the molecule is CCNC(=NCC1(S(C)(=O)=O)CCOCC1)NCC(C)Cc1cccs1. The van der Waals surface area contributed by atoms with Crippen molar-refractivity contribution in [3.63, 3.8) is 0 Å². The van der Waals surface area contributed by atoms with E-state index in [1.54, 1.807) is 11.3 Å². The normalized spacial score (nSPS) is 19.1. The van der Waals surface area contributed by atoms with E-state index in [1.165, 1.54) is 11.1 Å². The number of sulfone groups is 1. The summed E-state index contributed by atoms with van der Waals surface area (Å²) in [5.41, 5.74) is 0. The fourth-order valence-electron chi connectivity index (χ4n) is 3.07. The van der Waals surface area contributed by atoms with Crippen molar-refractivity contribution in [2.24, 2.45) is 10.9 Å². The van der Waals surface area contributed by atoms with Crippen LogP contribution in [-0.4, -0.2) is 58.2 Å². The van der Waals surface area contributed by atoms with Gasteiger partial charge in [-0.1, -0.05) is 13.0 Å². The maximum Gasteiger partial charge on any atom is 0.191 e. The average Bonchev–Trinajstić information content (AvgIpc) is 3.10. The van der Waals surface area contributed by atoms with Gasteiger partial charge in [0.15, 0.2) is 15.8 Å². The first-order chi connectivity index (χ1) is 12.4. The van der Waals surface area contributed by atoms with Gasteiger partial charge in [-0.25, -0.2) is 8.42 Å². The van der Waals surface area contributed by atoms with Gasteiger partial charge in [-0.15, -0.1) is 11.3 Å². The van der Waals surface area contributed by atoms with Crippen LogP contribution >= 0.6 is 11.3 Å².